The molecule has 19 heavy (non-hydrogen) atoms. The van der Waals surface area contributed by atoms with E-state index in [0.29, 0.717) is 0 Å². The van der Waals surface area contributed by atoms with Crippen molar-refractivity contribution in [2.45, 2.75) is 18.9 Å². The Kier molecular flexibility index (Phi) is 4.94. The van der Waals surface area contributed by atoms with Crippen molar-refractivity contribution in [2.24, 2.45) is 0 Å². The second-order valence-electron chi connectivity index (χ2n) is 4.54. The summed E-state index contributed by atoms with van der Waals surface area (Å²) in [5.41, 5.74) is 2.22. The monoisotopic (exact) mass is 277 g/mol. The van der Waals surface area contributed by atoms with Crippen molar-refractivity contribution in [1.29, 1.82) is 0 Å². The highest BCUT2D eigenvalue weighted by Crippen LogP contribution is 2.21. The lowest BCUT2D eigenvalue weighted by Gasteiger charge is -2.16. The van der Waals surface area contributed by atoms with Gasteiger partial charge in [0.15, 0.2) is 0 Å². The first-order chi connectivity index (χ1) is 9.20. The van der Waals surface area contributed by atoms with Crippen LogP contribution in [0.2, 0.25) is 5.02 Å². The van der Waals surface area contributed by atoms with Crippen molar-refractivity contribution in [2.75, 3.05) is 7.05 Å². The Balaban J connectivity index is 2.02. The summed E-state index contributed by atoms with van der Waals surface area (Å²) in [6, 6.07) is 15.5. The summed E-state index contributed by atoms with van der Waals surface area (Å²) in [6.07, 6.45) is 1.73. The molecule has 0 radical (unpaired) electrons. The highest BCUT2D eigenvalue weighted by atomic mass is 35.5. The van der Waals surface area contributed by atoms with Crippen LogP contribution in [0.3, 0.4) is 0 Å². The lowest BCUT2D eigenvalue weighted by Crippen LogP contribution is -2.17. The van der Waals surface area contributed by atoms with Crippen LogP contribution in [0.4, 0.5) is 4.39 Å². The third-order valence-corrected chi connectivity index (χ3v) is 3.56. The molecule has 0 saturated carbocycles. The zero-order chi connectivity index (χ0) is 13.7. The molecule has 0 saturated heterocycles. The smallest absolute Gasteiger partial charge is 0.142 e. The van der Waals surface area contributed by atoms with Crippen molar-refractivity contribution < 1.29 is 4.39 Å². The van der Waals surface area contributed by atoms with Crippen LogP contribution in [0.15, 0.2) is 48.5 Å². The summed E-state index contributed by atoms with van der Waals surface area (Å²) in [7, 11) is 1.94. The van der Waals surface area contributed by atoms with Gasteiger partial charge in [0.05, 0.1) is 5.02 Å². The summed E-state index contributed by atoms with van der Waals surface area (Å²) in [5.74, 6) is -0.347. The zero-order valence-corrected chi connectivity index (χ0v) is 11.6. The molecule has 0 aromatic heterocycles. The Bertz CT molecular complexity index is 528. The van der Waals surface area contributed by atoms with Crippen LogP contribution >= 0.6 is 11.6 Å². The van der Waals surface area contributed by atoms with Gasteiger partial charge in [-0.3, -0.25) is 0 Å². The number of aryl methyl sites for hydroxylation is 1. The van der Waals surface area contributed by atoms with Crippen LogP contribution in [0.5, 0.6) is 0 Å². The predicted octanol–water partition coefficient (Wildman–Crippen LogP) is 4.37. The molecule has 0 aliphatic carbocycles. The topological polar surface area (TPSA) is 12.0 Å². The van der Waals surface area contributed by atoms with E-state index in [2.05, 4.69) is 17.4 Å². The minimum Gasteiger partial charge on any atom is -0.313 e. The third-order valence-electron chi connectivity index (χ3n) is 3.26. The minimum atomic E-state index is -0.347. The quantitative estimate of drug-likeness (QED) is 0.856. The first kappa shape index (κ1) is 14.0. The summed E-state index contributed by atoms with van der Waals surface area (Å²) in [5, 5.41) is 3.47. The molecule has 0 bridgehead atoms. The van der Waals surface area contributed by atoms with E-state index in [-0.39, 0.29) is 16.9 Å². The molecule has 0 aliphatic rings. The molecule has 2 aromatic rings. The van der Waals surface area contributed by atoms with Gasteiger partial charge in [-0.1, -0.05) is 48.0 Å². The summed E-state index contributed by atoms with van der Waals surface area (Å²) >= 11 is 5.68. The van der Waals surface area contributed by atoms with Crippen molar-refractivity contribution in [1.82, 2.24) is 5.32 Å². The van der Waals surface area contributed by atoms with Gasteiger partial charge in [0.1, 0.15) is 5.82 Å². The molecule has 2 rings (SSSR count). The molecule has 0 aliphatic heterocycles. The summed E-state index contributed by atoms with van der Waals surface area (Å²) < 4.78 is 13.4. The molecule has 1 unspecified atom stereocenters. The summed E-state index contributed by atoms with van der Waals surface area (Å²) in [4.78, 5) is 0. The molecule has 0 spiro atoms. The Morgan fingerprint density at radius 3 is 2.53 bits per heavy atom. The number of hydrogen-bond donors (Lipinski definition) is 1. The summed E-state index contributed by atoms with van der Waals surface area (Å²) in [6.45, 7) is 0. The average Bonchev–Trinajstić information content (AvgIpc) is 2.44. The molecular weight excluding hydrogens is 261 g/mol. The first-order valence-electron chi connectivity index (χ1n) is 6.37. The lowest BCUT2D eigenvalue weighted by atomic mass is 9.99. The normalized spacial score (nSPS) is 12.4. The van der Waals surface area contributed by atoms with Crippen LogP contribution in [-0.2, 0) is 6.42 Å². The van der Waals surface area contributed by atoms with Crippen LogP contribution in [0.1, 0.15) is 23.6 Å². The van der Waals surface area contributed by atoms with Gasteiger partial charge in [-0.05, 0) is 43.1 Å². The average molecular weight is 278 g/mol. The molecule has 0 heterocycles. The molecule has 3 heteroatoms. The number of hydrogen-bond acceptors (Lipinski definition) is 1. The molecule has 0 amide bonds. The van der Waals surface area contributed by atoms with Gasteiger partial charge in [-0.15, -0.1) is 0 Å². The van der Waals surface area contributed by atoms with Gasteiger partial charge in [-0.2, -0.15) is 0 Å². The number of nitrogens with one attached hydrogen (secondary N) is 1. The maximum absolute atomic E-state index is 13.4. The lowest BCUT2D eigenvalue weighted by molar-refractivity contribution is 0.547. The van der Waals surface area contributed by atoms with E-state index < -0.39 is 0 Å². The van der Waals surface area contributed by atoms with Crippen molar-refractivity contribution in [3.63, 3.8) is 0 Å². The van der Waals surface area contributed by atoms with E-state index in [1.165, 1.54) is 11.6 Å². The van der Waals surface area contributed by atoms with Crippen LogP contribution in [0, 0.1) is 5.82 Å². The molecule has 100 valence electrons. The Morgan fingerprint density at radius 1 is 1.16 bits per heavy atom. The second kappa shape index (κ2) is 6.69. The fourth-order valence-electron chi connectivity index (χ4n) is 2.17. The van der Waals surface area contributed by atoms with Gasteiger partial charge < -0.3 is 5.32 Å². The van der Waals surface area contributed by atoms with Crippen LogP contribution in [-0.4, -0.2) is 7.05 Å². The standard InChI is InChI=1S/C16H17ClFN/c1-19-16(13-5-3-2-4-6-13)10-8-12-7-9-14(17)15(18)11-12/h2-7,9,11,16,19H,8,10H2,1H3. The Hall–Kier alpha value is -1.38. The van der Waals surface area contributed by atoms with Gasteiger partial charge >= 0.3 is 0 Å². The second-order valence-corrected chi connectivity index (χ2v) is 4.95. The zero-order valence-electron chi connectivity index (χ0n) is 10.9. The fraction of sp³-hybridized carbons (Fsp3) is 0.250. The van der Waals surface area contributed by atoms with Gasteiger partial charge in [-0.25, -0.2) is 4.39 Å². The van der Waals surface area contributed by atoms with Crippen molar-refractivity contribution in [3.05, 3.63) is 70.5 Å². The molecule has 1 N–H and O–H groups in total. The SMILES string of the molecule is CNC(CCc1ccc(Cl)c(F)c1)c1ccccc1. The Morgan fingerprint density at radius 2 is 1.89 bits per heavy atom. The van der Waals surface area contributed by atoms with Crippen molar-refractivity contribution >= 4 is 11.6 Å². The molecule has 2 aromatic carbocycles. The number of benzene rings is 2. The maximum atomic E-state index is 13.4. The van der Waals surface area contributed by atoms with E-state index >= 15 is 0 Å². The van der Waals surface area contributed by atoms with Gasteiger partial charge in [0.25, 0.3) is 0 Å². The van der Waals surface area contributed by atoms with E-state index in [4.69, 9.17) is 11.6 Å². The highest BCUT2D eigenvalue weighted by Gasteiger charge is 2.09. The molecule has 0 fully saturated rings. The largest absolute Gasteiger partial charge is 0.313 e. The number of halogens is 2. The van der Waals surface area contributed by atoms with E-state index in [1.807, 2.05) is 31.3 Å². The minimum absolute atomic E-state index is 0.178. The maximum Gasteiger partial charge on any atom is 0.142 e. The van der Waals surface area contributed by atoms with E-state index in [0.717, 1.165) is 18.4 Å². The van der Waals surface area contributed by atoms with Crippen molar-refractivity contribution in [3.8, 4) is 0 Å². The predicted molar refractivity (Wildman–Crippen MR) is 78.0 cm³/mol. The molecule has 1 nitrogen and oxygen atoms in total. The third kappa shape index (κ3) is 3.79. The Labute approximate surface area is 118 Å². The van der Waals surface area contributed by atoms with Gasteiger partial charge in [0.2, 0.25) is 0 Å². The first-order valence-corrected chi connectivity index (χ1v) is 6.74. The van der Waals surface area contributed by atoms with E-state index in [1.54, 1.807) is 6.07 Å². The molecule has 1 atom stereocenters. The van der Waals surface area contributed by atoms with Crippen LogP contribution in [0.25, 0.3) is 0 Å². The number of rotatable bonds is 5. The van der Waals surface area contributed by atoms with Gasteiger partial charge in [0, 0.05) is 6.04 Å². The molecular formula is C16H17ClFN. The van der Waals surface area contributed by atoms with E-state index in [9.17, 15) is 4.39 Å². The van der Waals surface area contributed by atoms with Crippen LogP contribution < -0.4 is 5.32 Å². The highest BCUT2D eigenvalue weighted by molar-refractivity contribution is 6.30. The fourth-order valence-corrected chi connectivity index (χ4v) is 2.29.